The molecule has 2 saturated carbocycles. The SMILES string of the molecule is COC(=O)C12CCC(CC1)C2CO. The topological polar surface area (TPSA) is 46.5 Å². The number of ether oxygens (including phenoxy) is 1. The molecule has 2 fully saturated rings. The fourth-order valence-electron chi connectivity index (χ4n) is 3.26. The third-order valence-corrected chi connectivity index (χ3v) is 3.99. The zero-order valence-corrected chi connectivity index (χ0v) is 7.95. The van der Waals surface area contributed by atoms with Gasteiger partial charge < -0.3 is 9.84 Å². The van der Waals surface area contributed by atoms with Gasteiger partial charge in [0.2, 0.25) is 0 Å². The molecule has 74 valence electrons. The van der Waals surface area contributed by atoms with E-state index in [2.05, 4.69) is 0 Å². The summed E-state index contributed by atoms with van der Waals surface area (Å²) < 4.78 is 4.84. The van der Waals surface area contributed by atoms with Crippen molar-refractivity contribution in [1.29, 1.82) is 0 Å². The Labute approximate surface area is 78.1 Å². The normalized spacial score (nSPS) is 42.3. The van der Waals surface area contributed by atoms with Crippen LogP contribution in [0.3, 0.4) is 0 Å². The number of hydrogen-bond donors (Lipinski definition) is 1. The lowest BCUT2D eigenvalue weighted by Gasteiger charge is -2.27. The molecule has 0 aliphatic heterocycles. The van der Waals surface area contributed by atoms with Crippen molar-refractivity contribution < 1.29 is 14.6 Å². The molecule has 0 amide bonds. The lowest BCUT2D eigenvalue weighted by atomic mass is 9.79. The number of fused-ring (bicyclic) bond motifs is 2. The maximum absolute atomic E-state index is 11.6. The van der Waals surface area contributed by atoms with E-state index in [-0.39, 0.29) is 23.9 Å². The zero-order chi connectivity index (χ0) is 9.47. The predicted molar refractivity (Wildman–Crippen MR) is 47.0 cm³/mol. The van der Waals surface area contributed by atoms with Crippen LogP contribution in [0.2, 0.25) is 0 Å². The average molecular weight is 184 g/mol. The molecule has 2 bridgehead atoms. The number of carbonyl (C=O) groups excluding carboxylic acids is 1. The number of esters is 1. The van der Waals surface area contributed by atoms with Crippen molar-refractivity contribution >= 4 is 5.97 Å². The van der Waals surface area contributed by atoms with E-state index in [1.54, 1.807) is 0 Å². The summed E-state index contributed by atoms with van der Waals surface area (Å²) in [4.78, 5) is 11.6. The highest BCUT2D eigenvalue weighted by Crippen LogP contribution is 2.58. The summed E-state index contributed by atoms with van der Waals surface area (Å²) in [6.07, 6.45) is 3.99. The molecule has 0 aromatic rings. The Morgan fingerprint density at radius 1 is 1.54 bits per heavy atom. The number of methoxy groups -OCH3 is 1. The summed E-state index contributed by atoms with van der Waals surface area (Å²) in [5.41, 5.74) is -0.325. The van der Waals surface area contributed by atoms with Gasteiger partial charge in [0.05, 0.1) is 12.5 Å². The third kappa shape index (κ3) is 1.03. The summed E-state index contributed by atoms with van der Waals surface area (Å²) in [7, 11) is 1.44. The van der Waals surface area contributed by atoms with Crippen LogP contribution in [0.5, 0.6) is 0 Å². The van der Waals surface area contributed by atoms with Gasteiger partial charge in [-0.3, -0.25) is 4.79 Å². The molecule has 0 spiro atoms. The summed E-state index contributed by atoms with van der Waals surface area (Å²) in [6, 6.07) is 0. The average Bonchev–Trinajstić information content (AvgIpc) is 2.71. The van der Waals surface area contributed by atoms with E-state index < -0.39 is 0 Å². The molecule has 2 aliphatic carbocycles. The van der Waals surface area contributed by atoms with Crippen LogP contribution >= 0.6 is 0 Å². The molecule has 0 saturated heterocycles. The smallest absolute Gasteiger partial charge is 0.312 e. The molecule has 1 unspecified atom stereocenters. The van der Waals surface area contributed by atoms with Crippen LogP contribution in [-0.2, 0) is 9.53 Å². The Bertz CT molecular complexity index is 216. The summed E-state index contributed by atoms with van der Waals surface area (Å²) in [5.74, 6) is 0.621. The van der Waals surface area contributed by atoms with Crippen LogP contribution < -0.4 is 0 Å². The second-order valence-electron chi connectivity index (χ2n) is 4.27. The van der Waals surface area contributed by atoms with Crippen LogP contribution in [0, 0.1) is 17.3 Å². The first-order chi connectivity index (χ1) is 6.24. The number of hydrogen-bond acceptors (Lipinski definition) is 3. The summed E-state index contributed by atoms with van der Waals surface area (Å²) in [6.45, 7) is 0.139. The number of aliphatic hydroxyl groups is 1. The first-order valence-corrected chi connectivity index (χ1v) is 4.94. The minimum Gasteiger partial charge on any atom is -0.469 e. The van der Waals surface area contributed by atoms with Crippen molar-refractivity contribution in [3.8, 4) is 0 Å². The third-order valence-electron chi connectivity index (χ3n) is 3.99. The first kappa shape index (κ1) is 9.00. The van der Waals surface area contributed by atoms with Gasteiger partial charge >= 0.3 is 5.97 Å². The molecule has 0 aromatic heterocycles. The standard InChI is InChI=1S/C10H16O3/c1-13-9(12)10-4-2-7(3-5-10)8(10)6-11/h7-8,11H,2-6H2,1H3. The molecule has 3 heteroatoms. The van der Waals surface area contributed by atoms with Gasteiger partial charge in [0, 0.05) is 12.5 Å². The Hall–Kier alpha value is -0.570. The van der Waals surface area contributed by atoms with E-state index >= 15 is 0 Å². The number of rotatable bonds is 2. The first-order valence-electron chi connectivity index (χ1n) is 4.94. The van der Waals surface area contributed by atoms with Crippen LogP contribution in [0.1, 0.15) is 25.7 Å². The molecule has 1 atom stereocenters. The zero-order valence-electron chi connectivity index (χ0n) is 7.95. The van der Waals surface area contributed by atoms with E-state index in [0.29, 0.717) is 5.92 Å². The van der Waals surface area contributed by atoms with E-state index in [9.17, 15) is 9.90 Å². The second-order valence-corrected chi connectivity index (χ2v) is 4.27. The quantitative estimate of drug-likeness (QED) is 0.650. The molecule has 0 aromatic carbocycles. The highest BCUT2D eigenvalue weighted by atomic mass is 16.5. The van der Waals surface area contributed by atoms with E-state index in [4.69, 9.17) is 4.74 Å². The lowest BCUT2D eigenvalue weighted by molar-refractivity contribution is -0.155. The maximum Gasteiger partial charge on any atom is 0.312 e. The van der Waals surface area contributed by atoms with Crippen molar-refractivity contribution in [3.63, 3.8) is 0 Å². The number of carbonyl (C=O) groups is 1. The Kier molecular flexibility index (Phi) is 2.06. The second kappa shape index (κ2) is 2.98. The Morgan fingerprint density at radius 3 is 2.62 bits per heavy atom. The van der Waals surface area contributed by atoms with Gasteiger partial charge in [-0.15, -0.1) is 0 Å². The van der Waals surface area contributed by atoms with Crippen LogP contribution in [0.25, 0.3) is 0 Å². The maximum atomic E-state index is 11.6. The molecule has 1 N–H and O–H groups in total. The lowest BCUT2D eigenvalue weighted by Crippen LogP contribution is -2.35. The highest BCUT2D eigenvalue weighted by molar-refractivity contribution is 5.78. The van der Waals surface area contributed by atoms with Crippen molar-refractivity contribution in [2.24, 2.45) is 17.3 Å². The molecule has 0 radical (unpaired) electrons. The molecule has 0 heterocycles. The van der Waals surface area contributed by atoms with E-state index in [1.165, 1.54) is 7.11 Å². The van der Waals surface area contributed by atoms with Crippen LogP contribution in [-0.4, -0.2) is 24.8 Å². The summed E-state index contributed by atoms with van der Waals surface area (Å²) >= 11 is 0. The molecule has 3 nitrogen and oxygen atoms in total. The molecular formula is C10H16O3. The molecule has 2 aliphatic rings. The van der Waals surface area contributed by atoms with Gasteiger partial charge in [-0.1, -0.05) is 0 Å². The minimum absolute atomic E-state index is 0.105. The monoisotopic (exact) mass is 184 g/mol. The predicted octanol–water partition coefficient (Wildman–Crippen LogP) is 0.958. The van der Waals surface area contributed by atoms with Gasteiger partial charge in [-0.25, -0.2) is 0 Å². The molecule has 13 heavy (non-hydrogen) atoms. The minimum atomic E-state index is -0.325. The van der Waals surface area contributed by atoms with E-state index in [1.807, 2.05) is 0 Å². The van der Waals surface area contributed by atoms with Gasteiger partial charge in [0.15, 0.2) is 0 Å². The Balaban J connectivity index is 2.25. The van der Waals surface area contributed by atoms with Gasteiger partial charge in [0.25, 0.3) is 0 Å². The Morgan fingerprint density at radius 2 is 2.15 bits per heavy atom. The van der Waals surface area contributed by atoms with Crippen molar-refractivity contribution in [3.05, 3.63) is 0 Å². The van der Waals surface area contributed by atoms with Crippen molar-refractivity contribution in [2.75, 3.05) is 13.7 Å². The van der Waals surface area contributed by atoms with E-state index in [0.717, 1.165) is 25.7 Å². The fraction of sp³-hybridized carbons (Fsp3) is 0.900. The van der Waals surface area contributed by atoms with Crippen molar-refractivity contribution in [1.82, 2.24) is 0 Å². The van der Waals surface area contributed by atoms with Gasteiger partial charge in [-0.05, 0) is 31.6 Å². The summed E-state index contributed by atoms with van der Waals surface area (Å²) in [5, 5.41) is 9.25. The van der Waals surface area contributed by atoms with Gasteiger partial charge in [0.1, 0.15) is 0 Å². The highest BCUT2D eigenvalue weighted by Gasteiger charge is 2.58. The van der Waals surface area contributed by atoms with Crippen LogP contribution in [0.4, 0.5) is 0 Å². The van der Waals surface area contributed by atoms with Crippen LogP contribution in [0.15, 0.2) is 0 Å². The van der Waals surface area contributed by atoms with Gasteiger partial charge in [-0.2, -0.15) is 0 Å². The largest absolute Gasteiger partial charge is 0.469 e. The molecular weight excluding hydrogens is 168 g/mol. The number of aliphatic hydroxyl groups excluding tert-OH is 1. The molecule has 2 rings (SSSR count). The fourth-order valence-corrected chi connectivity index (χ4v) is 3.26. The van der Waals surface area contributed by atoms with Crippen molar-refractivity contribution in [2.45, 2.75) is 25.7 Å².